The number of carbonyl (C=O) groups is 1. The summed E-state index contributed by atoms with van der Waals surface area (Å²) in [4.78, 5) is 22.2. The average molecular weight is 177 g/mol. The Morgan fingerprint density at radius 2 is 2.08 bits per heavy atom. The molecular weight excluding hydrogens is 170 g/mol. The molecule has 13 heavy (non-hydrogen) atoms. The molecule has 0 bridgehead atoms. The minimum absolute atomic E-state index is 0.0831. The molecule has 1 aliphatic rings. The molecule has 2 rings (SSSR count). The number of pyridine rings is 1. The van der Waals surface area contributed by atoms with E-state index in [1.807, 2.05) is 0 Å². The van der Waals surface area contributed by atoms with Gasteiger partial charge < -0.3 is 5.21 Å². The number of fused-ring (bicyclic) bond motifs is 1. The summed E-state index contributed by atoms with van der Waals surface area (Å²) >= 11 is 0. The lowest BCUT2D eigenvalue weighted by molar-refractivity contribution is 0.0986. The first-order valence-corrected chi connectivity index (χ1v) is 3.85. The third-order valence-electron chi connectivity index (χ3n) is 1.98. The molecule has 4 heteroatoms. The second-order valence-electron chi connectivity index (χ2n) is 2.81. The number of hydrogen-bond donors (Lipinski definition) is 1. The molecule has 0 aliphatic heterocycles. The van der Waals surface area contributed by atoms with Gasteiger partial charge in [-0.05, 0) is 12.1 Å². The summed E-state index contributed by atoms with van der Waals surface area (Å²) in [5.41, 5.74) is 0.131. The van der Waals surface area contributed by atoms with Crippen molar-refractivity contribution >= 4 is 11.9 Å². The molecule has 1 aromatic heterocycles. The van der Waals surface area contributed by atoms with E-state index in [9.17, 15) is 14.8 Å². The van der Waals surface area contributed by atoms with Crippen molar-refractivity contribution < 1.29 is 10.0 Å². The van der Waals surface area contributed by atoms with Gasteiger partial charge in [0.1, 0.15) is 0 Å². The van der Waals surface area contributed by atoms with Gasteiger partial charge in [0.05, 0.1) is 5.69 Å². The highest BCUT2D eigenvalue weighted by atomic mass is 16.5. The Morgan fingerprint density at radius 3 is 2.85 bits per heavy atom. The molecule has 0 saturated carbocycles. The molecule has 66 valence electrons. The van der Waals surface area contributed by atoms with E-state index in [0.717, 1.165) is 0 Å². The normalized spacial score (nSPS) is 14.3. The third-order valence-corrected chi connectivity index (χ3v) is 1.98. The van der Waals surface area contributed by atoms with Gasteiger partial charge in [-0.25, -0.2) is 0 Å². The Kier molecular flexibility index (Phi) is 1.55. The van der Waals surface area contributed by atoms with E-state index in [1.54, 1.807) is 12.2 Å². The van der Waals surface area contributed by atoms with Crippen LogP contribution in [0.4, 0.5) is 0 Å². The largest absolute Gasteiger partial charge is 0.425 e. The monoisotopic (exact) mass is 177 g/mol. The van der Waals surface area contributed by atoms with Crippen LogP contribution in [-0.2, 0) is 0 Å². The number of allylic oxidation sites excluding steroid dienone is 1. The smallest absolute Gasteiger partial charge is 0.283 e. The first-order chi connectivity index (χ1) is 6.20. The maximum absolute atomic E-state index is 11.3. The Morgan fingerprint density at radius 1 is 1.31 bits per heavy atom. The lowest BCUT2D eigenvalue weighted by Crippen LogP contribution is -2.22. The van der Waals surface area contributed by atoms with Gasteiger partial charge in [0, 0.05) is 18.1 Å². The lowest BCUT2D eigenvalue weighted by atomic mass is 10.0. The van der Waals surface area contributed by atoms with Gasteiger partial charge in [0.15, 0.2) is 5.78 Å². The van der Waals surface area contributed by atoms with Crippen molar-refractivity contribution in [1.29, 1.82) is 0 Å². The van der Waals surface area contributed by atoms with Crippen LogP contribution in [-0.4, -0.2) is 15.7 Å². The molecule has 1 N–H and O–H groups in total. The topological polar surface area (TPSA) is 59.3 Å². The summed E-state index contributed by atoms with van der Waals surface area (Å²) in [6.45, 7) is 0. The van der Waals surface area contributed by atoms with Crippen molar-refractivity contribution in [2.75, 3.05) is 0 Å². The van der Waals surface area contributed by atoms with Crippen LogP contribution in [0, 0.1) is 0 Å². The van der Waals surface area contributed by atoms with E-state index in [4.69, 9.17) is 0 Å². The Balaban J connectivity index is 2.79. The Labute approximate surface area is 73.7 Å². The predicted molar refractivity (Wildman–Crippen MR) is 45.9 cm³/mol. The van der Waals surface area contributed by atoms with Crippen LogP contribution in [0.15, 0.2) is 23.0 Å². The van der Waals surface area contributed by atoms with Crippen LogP contribution >= 0.6 is 0 Å². The second-order valence-corrected chi connectivity index (χ2v) is 2.81. The number of Topliss-reactive ketones (excluding diaryl/α,β-unsaturated/α-hetero) is 1. The first-order valence-electron chi connectivity index (χ1n) is 3.85. The molecule has 1 aliphatic carbocycles. The van der Waals surface area contributed by atoms with Gasteiger partial charge in [-0.2, -0.15) is 0 Å². The molecule has 0 aromatic carbocycles. The third kappa shape index (κ3) is 1.07. The van der Waals surface area contributed by atoms with Gasteiger partial charge in [-0.15, -0.1) is 4.73 Å². The zero-order chi connectivity index (χ0) is 9.42. The van der Waals surface area contributed by atoms with Crippen molar-refractivity contribution in [3.63, 3.8) is 0 Å². The van der Waals surface area contributed by atoms with Crippen LogP contribution in [0.5, 0.6) is 0 Å². The van der Waals surface area contributed by atoms with E-state index < -0.39 is 5.56 Å². The number of hydrogen-bond acceptors (Lipinski definition) is 3. The minimum atomic E-state index is -0.530. The standard InChI is InChI=1S/C9H7NO3/c11-8-3-1-2-7-6(8)4-5-9(12)10(7)13/h1-2,4-5,13H,3H2. The van der Waals surface area contributed by atoms with Crippen molar-refractivity contribution in [2.24, 2.45) is 0 Å². The second kappa shape index (κ2) is 2.58. The molecule has 0 amide bonds. The van der Waals surface area contributed by atoms with Crippen LogP contribution in [0.3, 0.4) is 0 Å². The van der Waals surface area contributed by atoms with Gasteiger partial charge in [-0.3, -0.25) is 9.59 Å². The molecule has 4 nitrogen and oxygen atoms in total. The zero-order valence-corrected chi connectivity index (χ0v) is 6.73. The summed E-state index contributed by atoms with van der Waals surface area (Å²) in [6, 6.07) is 2.62. The van der Waals surface area contributed by atoms with E-state index in [0.29, 0.717) is 16.7 Å². The highest BCUT2D eigenvalue weighted by Crippen LogP contribution is 2.15. The Bertz CT molecular complexity index is 456. The molecule has 0 spiro atoms. The maximum atomic E-state index is 11.3. The molecule has 0 fully saturated rings. The Hall–Kier alpha value is -1.84. The van der Waals surface area contributed by atoms with Crippen molar-refractivity contribution in [3.8, 4) is 0 Å². The van der Waals surface area contributed by atoms with Crippen molar-refractivity contribution in [3.05, 3.63) is 39.8 Å². The number of carbonyl (C=O) groups excluding carboxylic acids is 1. The summed E-state index contributed by atoms with van der Waals surface area (Å²) in [5, 5.41) is 9.26. The minimum Gasteiger partial charge on any atom is -0.425 e. The van der Waals surface area contributed by atoms with Crippen LogP contribution in [0.25, 0.3) is 6.08 Å². The number of rotatable bonds is 0. The molecule has 0 saturated heterocycles. The molecular formula is C9H7NO3. The fraction of sp³-hybridized carbons (Fsp3) is 0.111. The van der Waals surface area contributed by atoms with Crippen LogP contribution in [0.1, 0.15) is 22.5 Å². The number of aromatic nitrogens is 1. The van der Waals surface area contributed by atoms with Crippen LogP contribution in [0.2, 0.25) is 0 Å². The average Bonchev–Trinajstić information content (AvgIpc) is 2.12. The molecule has 0 unspecified atom stereocenters. The highest BCUT2D eigenvalue weighted by molar-refractivity contribution is 6.01. The number of nitrogens with zero attached hydrogens (tertiary/aromatic N) is 1. The molecule has 1 heterocycles. The van der Waals surface area contributed by atoms with Gasteiger partial charge >= 0.3 is 0 Å². The maximum Gasteiger partial charge on any atom is 0.283 e. The van der Waals surface area contributed by atoms with E-state index in [-0.39, 0.29) is 11.5 Å². The van der Waals surface area contributed by atoms with Gasteiger partial charge in [0.25, 0.3) is 5.56 Å². The predicted octanol–water partition coefficient (Wildman–Crippen LogP) is 0.685. The van der Waals surface area contributed by atoms with Crippen LogP contribution < -0.4 is 5.56 Å². The molecule has 0 radical (unpaired) electrons. The van der Waals surface area contributed by atoms with Crippen molar-refractivity contribution in [1.82, 2.24) is 4.73 Å². The summed E-state index contributed by atoms with van der Waals surface area (Å²) in [7, 11) is 0. The quantitative estimate of drug-likeness (QED) is 0.593. The highest BCUT2D eigenvalue weighted by Gasteiger charge is 2.16. The SMILES string of the molecule is O=C1CC=Cc2c1ccc(=O)n2O. The fourth-order valence-electron chi connectivity index (χ4n) is 1.33. The van der Waals surface area contributed by atoms with E-state index in [1.165, 1.54) is 12.1 Å². The van der Waals surface area contributed by atoms with Gasteiger partial charge in [0.2, 0.25) is 0 Å². The number of ketones is 1. The van der Waals surface area contributed by atoms with Gasteiger partial charge in [-0.1, -0.05) is 6.08 Å². The van der Waals surface area contributed by atoms with E-state index in [2.05, 4.69) is 0 Å². The molecule has 1 aromatic rings. The fourth-order valence-corrected chi connectivity index (χ4v) is 1.33. The van der Waals surface area contributed by atoms with E-state index >= 15 is 0 Å². The lowest BCUT2D eigenvalue weighted by Gasteiger charge is -2.10. The zero-order valence-electron chi connectivity index (χ0n) is 6.73. The summed E-state index contributed by atoms with van der Waals surface area (Å²) < 4.78 is 0.489. The molecule has 0 atom stereocenters. The van der Waals surface area contributed by atoms with Crippen molar-refractivity contribution in [2.45, 2.75) is 6.42 Å². The first kappa shape index (κ1) is 7.79. The summed E-state index contributed by atoms with van der Waals surface area (Å²) in [5.74, 6) is -0.0831. The summed E-state index contributed by atoms with van der Waals surface area (Å²) in [6.07, 6.45) is 3.51.